The van der Waals surface area contributed by atoms with E-state index in [4.69, 9.17) is 4.74 Å². The van der Waals surface area contributed by atoms with Gasteiger partial charge in [-0.3, -0.25) is 14.2 Å². The summed E-state index contributed by atoms with van der Waals surface area (Å²) in [6.07, 6.45) is 7.00. The molecule has 8 heteroatoms. The molecule has 3 rings (SSSR count). The Hall–Kier alpha value is -3.81. The molecule has 0 spiro atoms. The van der Waals surface area contributed by atoms with Gasteiger partial charge in [0.1, 0.15) is 17.3 Å². The number of nitrogens with zero attached hydrogens (tertiary/aromatic N) is 2. The summed E-state index contributed by atoms with van der Waals surface area (Å²) in [5.41, 5.74) is -0.653. The molecule has 0 aliphatic heterocycles. The Morgan fingerprint density at radius 1 is 1.23 bits per heavy atom. The van der Waals surface area contributed by atoms with Crippen molar-refractivity contribution < 1.29 is 13.5 Å². The standard InChI is InChI=1S/C27H29F2N3O3/c1-6-8-9-17(3)35-23-24(27(4,5)29)30-16-32(26(23)34)15-19-14-21(25(33)31-22(19)7-2)18-10-12-20(28)13-11-18/h6,8-14,16H,7,15H2,1-5H3,(H,31,33). The lowest BCUT2D eigenvalue weighted by atomic mass is 10.0. The van der Waals surface area contributed by atoms with Gasteiger partial charge in [0, 0.05) is 11.3 Å². The molecule has 35 heavy (non-hydrogen) atoms. The summed E-state index contributed by atoms with van der Waals surface area (Å²) in [7, 11) is 0. The molecule has 0 fully saturated rings. The second-order valence-electron chi connectivity index (χ2n) is 8.61. The van der Waals surface area contributed by atoms with Gasteiger partial charge in [-0.1, -0.05) is 31.2 Å². The molecule has 0 bridgehead atoms. The highest BCUT2D eigenvalue weighted by Gasteiger charge is 2.29. The first-order valence-electron chi connectivity index (χ1n) is 11.3. The Bertz CT molecular complexity index is 1380. The predicted octanol–water partition coefficient (Wildman–Crippen LogP) is 5.41. The molecule has 1 aromatic carbocycles. The fourth-order valence-corrected chi connectivity index (χ4v) is 3.62. The number of allylic oxidation sites excluding steroid dienone is 4. The molecule has 0 unspecified atom stereocenters. The average molecular weight is 482 g/mol. The highest BCUT2D eigenvalue weighted by Crippen LogP contribution is 2.29. The minimum atomic E-state index is -1.91. The molecule has 1 N–H and O–H groups in total. The summed E-state index contributed by atoms with van der Waals surface area (Å²) in [4.78, 5) is 33.1. The maximum atomic E-state index is 14.9. The number of nitrogens with one attached hydrogen (secondary N) is 1. The maximum absolute atomic E-state index is 14.9. The number of alkyl halides is 1. The van der Waals surface area contributed by atoms with Crippen LogP contribution in [0.5, 0.6) is 5.75 Å². The van der Waals surface area contributed by atoms with E-state index < -0.39 is 17.0 Å². The van der Waals surface area contributed by atoms with Crippen molar-refractivity contribution in [3.8, 4) is 16.9 Å². The van der Waals surface area contributed by atoms with Crippen molar-refractivity contribution >= 4 is 0 Å². The molecule has 0 aliphatic carbocycles. The largest absolute Gasteiger partial charge is 0.454 e. The molecular weight excluding hydrogens is 452 g/mol. The highest BCUT2D eigenvalue weighted by molar-refractivity contribution is 5.63. The number of ether oxygens (including phenoxy) is 1. The van der Waals surface area contributed by atoms with Crippen LogP contribution in [0.15, 0.2) is 70.2 Å². The van der Waals surface area contributed by atoms with Crippen LogP contribution >= 0.6 is 0 Å². The summed E-state index contributed by atoms with van der Waals surface area (Å²) < 4.78 is 35.3. The van der Waals surface area contributed by atoms with Crippen molar-refractivity contribution in [2.75, 3.05) is 0 Å². The number of benzene rings is 1. The van der Waals surface area contributed by atoms with E-state index in [2.05, 4.69) is 9.97 Å². The lowest BCUT2D eigenvalue weighted by molar-refractivity contribution is 0.204. The smallest absolute Gasteiger partial charge is 0.297 e. The first-order chi connectivity index (χ1) is 16.5. The number of pyridine rings is 1. The van der Waals surface area contributed by atoms with Gasteiger partial charge in [0.2, 0.25) is 5.75 Å². The van der Waals surface area contributed by atoms with Crippen LogP contribution in [0, 0.1) is 5.82 Å². The summed E-state index contributed by atoms with van der Waals surface area (Å²) in [6.45, 7) is 8.07. The van der Waals surface area contributed by atoms with E-state index in [1.165, 1.54) is 49.0 Å². The third-order valence-electron chi connectivity index (χ3n) is 5.41. The van der Waals surface area contributed by atoms with Crippen molar-refractivity contribution in [2.45, 2.75) is 53.3 Å². The Labute approximate surface area is 202 Å². The molecule has 6 nitrogen and oxygen atoms in total. The van der Waals surface area contributed by atoms with Gasteiger partial charge in [0.05, 0.1) is 12.9 Å². The molecule has 0 radical (unpaired) electrons. The lowest BCUT2D eigenvalue weighted by Crippen LogP contribution is -2.28. The molecule has 0 amide bonds. The van der Waals surface area contributed by atoms with Crippen molar-refractivity contribution in [3.05, 3.63) is 104 Å². The summed E-state index contributed by atoms with van der Waals surface area (Å²) >= 11 is 0. The van der Waals surface area contributed by atoms with Gasteiger partial charge >= 0.3 is 0 Å². The Morgan fingerprint density at radius 3 is 2.51 bits per heavy atom. The quantitative estimate of drug-likeness (QED) is 0.345. The third kappa shape index (κ3) is 6.01. The Morgan fingerprint density at radius 2 is 1.91 bits per heavy atom. The van der Waals surface area contributed by atoms with E-state index in [1.807, 2.05) is 13.8 Å². The maximum Gasteiger partial charge on any atom is 0.297 e. The number of hydrogen-bond acceptors (Lipinski definition) is 4. The highest BCUT2D eigenvalue weighted by atomic mass is 19.1. The SMILES string of the molecule is CC=CC=C(C)Oc1c(C(C)(C)F)ncn(Cc2cc(-c3ccc(F)cc3)c(=O)[nH]c2CC)c1=O. The van der Waals surface area contributed by atoms with Gasteiger partial charge in [-0.25, -0.2) is 13.8 Å². The Balaban J connectivity index is 2.12. The van der Waals surface area contributed by atoms with Crippen molar-refractivity contribution in [2.24, 2.45) is 0 Å². The second kappa shape index (κ2) is 10.6. The van der Waals surface area contributed by atoms with Crippen LogP contribution in [-0.2, 0) is 18.6 Å². The molecule has 0 saturated heterocycles. The first-order valence-corrected chi connectivity index (χ1v) is 11.3. The third-order valence-corrected chi connectivity index (χ3v) is 5.41. The molecule has 0 saturated carbocycles. The second-order valence-corrected chi connectivity index (χ2v) is 8.61. The zero-order chi connectivity index (χ0) is 25.8. The zero-order valence-corrected chi connectivity index (χ0v) is 20.5. The van der Waals surface area contributed by atoms with Crippen LogP contribution in [-0.4, -0.2) is 14.5 Å². The van der Waals surface area contributed by atoms with Crippen molar-refractivity contribution in [1.29, 1.82) is 0 Å². The van der Waals surface area contributed by atoms with Crippen LogP contribution in [0.4, 0.5) is 8.78 Å². The molecular formula is C27H29F2N3O3. The number of H-pyrrole nitrogens is 1. The van der Waals surface area contributed by atoms with E-state index in [0.29, 0.717) is 34.6 Å². The fourth-order valence-electron chi connectivity index (χ4n) is 3.62. The zero-order valence-electron chi connectivity index (χ0n) is 20.5. The van der Waals surface area contributed by atoms with E-state index in [9.17, 15) is 18.4 Å². The summed E-state index contributed by atoms with van der Waals surface area (Å²) in [5.74, 6) is -0.197. The van der Waals surface area contributed by atoms with Crippen LogP contribution in [0.2, 0.25) is 0 Å². The van der Waals surface area contributed by atoms with Crippen LogP contribution in [0.1, 0.15) is 51.6 Å². The van der Waals surface area contributed by atoms with Crippen LogP contribution < -0.4 is 15.9 Å². The molecule has 2 heterocycles. The number of aryl methyl sites for hydroxylation is 1. The van der Waals surface area contributed by atoms with Gasteiger partial charge in [0.15, 0.2) is 5.67 Å². The number of hydrogen-bond donors (Lipinski definition) is 1. The minimum Gasteiger partial charge on any atom is -0.454 e. The molecule has 0 aliphatic rings. The predicted molar refractivity (Wildman–Crippen MR) is 133 cm³/mol. The topological polar surface area (TPSA) is 77.0 Å². The molecule has 3 aromatic rings. The number of halogens is 2. The van der Waals surface area contributed by atoms with Gasteiger partial charge < -0.3 is 9.72 Å². The number of aromatic amines is 1. The first kappa shape index (κ1) is 25.8. The van der Waals surface area contributed by atoms with E-state index >= 15 is 0 Å². The van der Waals surface area contributed by atoms with E-state index in [0.717, 1.165) is 0 Å². The minimum absolute atomic E-state index is 0.0704. The van der Waals surface area contributed by atoms with Gasteiger partial charge in [-0.05, 0) is 69.5 Å². The normalized spacial score (nSPS) is 12.4. The Kier molecular flexibility index (Phi) is 7.84. The average Bonchev–Trinajstić information content (AvgIpc) is 2.80. The fraction of sp³-hybridized carbons (Fsp3) is 0.296. The number of aromatic nitrogens is 3. The van der Waals surface area contributed by atoms with Crippen molar-refractivity contribution in [3.63, 3.8) is 0 Å². The lowest BCUT2D eigenvalue weighted by Gasteiger charge is -2.19. The van der Waals surface area contributed by atoms with E-state index in [-0.39, 0.29) is 23.5 Å². The van der Waals surface area contributed by atoms with Gasteiger partial charge in [-0.2, -0.15) is 0 Å². The summed E-state index contributed by atoms with van der Waals surface area (Å²) in [6, 6.07) is 7.28. The molecule has 0 atom stereocenters. The van der Waals surface area contributed by atoms with Gasteiger partial charge in [0.25, 0.3) is 11.1 Å². The summed E-state index contributed by atoms with van der Waals surface area (Å²) in [5, 5.41) is 0. The molecule has 184 valence electrons. The van der Waals surface area contributed by atoms with E-state index in [1.54, 1.807) is 31.2 Å². The number of rotatable bonds is 8. The van der Waals surface area contributed by atoms with Crippen molar-refractivity contribution in [1.82, 2.24) is 14.5 Å². The van der Waals surface area contributed by atoms with Crippen LogP contribution in [0.25, 0.3) is 11.1 Å². The van der Waals surface area contributed by atoms with Crippen LogP contribution in [0.3, 0.4) is 0 Å². The monoisotopic (exact) mass is 481 g/mol. The van der Waals surface area contributed by atoms with Gasteiger partial charge in [-0.15, -0.1) is 0 Å². The molecule has 2 aromatic heterocycles.